The summed E-state index contributed by atoms with van der Waals surface area (Å²) in [6, 6.07) is 9.13. The lowest BCUT2D eigenvalue weighted by Crippen LogP contribution is -2.24. The summed E-state index contributed by atoms with van der Waals surface area (Å²) < 4.78 is 56.1. The second-order valence-electron chi connectivity index (χ2n) is 5.02. The first-order valence-corrected chi connectivity index (χ1v) is 8.46. The molecule has 10 heteroatoms. The maximum atomic E-state index is 12.4. The molecule has 0 amide bonds. The van der Waals surface area contributed by atoms with Crippen molar-refractivity contribution < 1.29 is 26.9 Å². The van der Waals surface area contributed by atoms with Crippen LogP contribution >= 0.6 is 0 Å². The smallest absolute Gasteiger partial charge is 0.387 e. The van der Waals surface area contributed by atoms with Crippen molar-refractivity contribution in [1.82, 2.24) is 4.72 Å². The molecule has 134 valence electrons. The maximum Gasteiger partial charge on any atom is 0.387 e. The van der Waals surface area contributed by atoms with Gasteiger partial charge in [0, 0.05) is 24.2 Å². The number of non-ortho nitro benzene ring substituents is 1. The van der Waals surface area contributed by atoms with Crippen LogP contribution in [0.15, 0.2) is 47.4 Å². The van der Waals surface area contributed by atoms with Crippen LogP contribution in [0, 0.1) is 17.0 Å². The Morgan fingerprint density at radius 3 is 2.52 bits per heavy atom. The molecular weight excluding hydrogens is 358 g/mol. The normalized spacial score (nSPS) is 11.5. The van der Waals surface area contributed by atoms with Gasteiger partial charge in [0.1, 0.15) is 5.75 Å². The van der Waals surface area contributed by atoms with E-state index in [2.05, 4.69) is 9.46 Å². The van der Waals surface area contributed by atoms with Gasteiger partial charge >= 0.3 is 6.61 Å². The lowest BCUT2D eigenvalue weighted by atomic mass is 10.2. The molecule has 2 aromatic rings. The van der Waals surface area contributed by atoms with Crippen molar-refractivity contribution in [3.8, 4) is 5.75 Å². The Hall–Kier alpha value is -2.59. The van der Waals surface area contributed by atoms with Crippen LogP contribution in [0.2, 0.25) is 0 Å². The van der Waals surface area contributed by atoms with Crippen molar-refractivity contribution in [2.24, 2.45) is 0 Å². The highest BCUT2D eigenvalue weighted by molar-refractivity contribution is 7.89. The molecule has 0 heterocycles. The summed E-state index contributed by atoms with van der Waals surface area (Å²) in [6.07, 6.45) is 0. The van der Waals surface area contributed by atoms with Gasteiger partial charge in [-0.2, -0.15) is 8.78 Å². The fourth-order valence-corrected chi connectivity index (χ4v) is 3.39. The monoisotopic (exact) mass is 372 g/mol. The van der Waals surface area contributed by atoms with Crippen molar-refractivity contribution in [3.05, 3.63) is 63.7 Å². The molecule has 0 fully saturated rings. The third-order valence-corrected chi connectivity index (χ3v) is 4.86. The van der Waals surface area contributed by atoms with Crippen LogP contribution in [0.5, 0.6) is 5.75 Å². The first-order valence-electron chi connectivity index (χ1n) is 6.98. The molecule has 0 unspecified atom stereocenters. The number of ether oxygens (including phenoxy) is 1. The summed E-state index contributed by atoms with van der Waals surface area (Å²) in [6.45, 7) is -1.88. The highest BCUT2D eigenvalue weighted by Gasteiger charge is 2.20. The zero-order chi connectivity index (χ0) is 18.6. The average molecular weight is 372 g/mol. The molecule has 2 rings (SSSR count). The van der Waals surface area contributed by atoms with E-state index in [1.165, 1.54) is 25.1 Å². The second-order valence-corrected chi connectivity index (χ2v) is 6.75. The molecule has 0 aromatic heterocycles. The second kappa shape index (κ2) is 7.53. The fourth-order valence-electron chi connectivity index (χ4n) is 2.16. The minimum absolute atomic E-state index is 0.134. The molecule has 0 aliphatic heterocycles. The number of hydrogen-bond acceptors (Lipinski definition) is 5. The molecule has 1 N–H and O–H groups in total. The molecule has 2 aromatic carbocycles. The summed E-state index contributed by atoms with van der Waals surface area (Å²) in [5.41, 5.74) is 0.192. The first-order chi connectivity index (χ1) is 11.7. The van der Waals surface area contributed by atoms with Crippen LogP contribution in [0.3, 0.4) is 0 Å². The molecule has 0 radical (unpaired) electrons. The SMILES string of the molecule is Cc1cc([N+](=O)[O-])ccc1S(=O)(=O)NCc1ccccc1OC(F)F. The van der Waals surface area contributed by atoms with E-state index in [4.69, 9.17) is 0 Å². The van der Waals surface area contributed by atoms with E-state index in [9.17, 15) is 27.3 Å². The van der Waals surface area contributed by atoms with E-state index in [1.807, 2.05) is 0 Å². The zero-order valence-corrected chi connectivity index (χ0v) is 13.8. The number of rotatable bonds is 7. The highest BCUT2D eigenvalue weighted by Crippen LogP contribution is 2.23. The van der Waals surface area contributed by atoms with E-state index >= 15 is 0 Å². The van der Waals surface area contributed by atoms with Crippen LogP contribution in [0.4, 0.5) is 14.5 Å². The minimum Gasteiger partial charge on any atom is -0.434 e. The molecular formula is C15H14F2N2O5S. The van der Waals surface area contributed by atoms with Crippen molar-refractivity contribution in [1.29, 1.82) is 0 Å². The van der Waals surface area contributed by atoms with Gasteiger partial charge in [-0.1, -0.05) is 18.2 Å². The van der Waals surface area contributed by atoms with Gasteiger partial charge in [-0.05, 0) is 24.6 Å². The van der Waals surface area contributed by atoms with E-state index < -0.39 is 21.6 Å². The van der Waals surface area contributed by atoms with Gasteiger partial charge in [0.25, 0.3) is 5.69 Å². The number of nitro benzene ring substituents is 1. The van der Waals surface area contributed by atoms with Crippen molar-refractivity contribution >= 4 is 15.7 Å². The molecule has 0 atom stereocenters. The Labute approximate surface area is 142 Å². The predicted molar refractivity (Wildman–Crippen MR) is 84.9 cm³/mol. The molecule has 0 aliphatic carbocycles. The molecule has 0 spiro atoms. The van der Waals surface area contributed by atoms with Gasteiger partial charge in [0.15, 0.2) is 0 Å². The number of nitrogens with zero attached hydrogens (tertiary/aromatic N) is 1. The summed E-state index contributed by atoms with van der Waals surface area (Å²) in [7, 11) is -3.99. The Morgan fingerprint density at radius 1 is 1.24 bits per heavy atom. The topological polar surface area (TPSA) is 98.5 Å². The number of sulfonamides is 1. The zero-order valence-electron chi connectivity index (χ0n) is 13.0. The summed E-state index contributed by atoms with van der Waals surface area (Å²) in [5.74, 6) is -0.138. The van der Waals surface area contributed by atoms with Crippen LogP contribution < -0.4 is 9.46 Å². The van der Waals surface area contributed by atoms with E-state index in [0.29, 0.717) is 0 Å². The number of nitro groups is 1. The molecule has 0 saturated carbocycles. The largest absolute Gasteiger partial charge is 0.434 e. The quantitative estimate of drug-likeness (QED) is 0.595. The molecule has 25 heavy (non-hydrogen) atoms. The standard InChI is InChI=1S/C15H14F2N2O5S/c1-10-8-12(19(20)21)6-7-14(10)25(22,23)18-9-11-4-2-3-5-13(11)24-15(16)17/h2-8,15,18H,9H2,1H3. The molecule has 0 bridgehead atoms. The molecule has 7 nitrogen and oxygen atoms in total. The maximum absolute atomic E-state index is 12.4. The summed E-state index contributed by atoms with van der Waals surface area (Å²) in [5, 5.41) is 10.7. The van der Waals surface area contributed by atoms with E-state index in [-0.39, 0.29) is 34.0 Å². The Kier molecular flexibility index (Phi) is 5.65. The van der Waals surface area contributed by atoms with Crippen LogP contribution in [-0.2, 0) is 16.6 Å². The number of nitrogens with one attached hydrogen (secondary N) is 1. The van der Waals surface area contributed by atoms with Crippen molar-refractivity contribution in [2.75, 3.05) is 0 Å². The molecule has 0 saturated heterocycles. The van der Waals surface area contributed by atoms with Crippen molar-refractivity contribution in [2.45, 2.75) is 25.0 Å². The summed E-state index contributed by atoms with van der Waals surface area (Å²) in [4.78, 5) is 9.95. The summed E-state index contributed by atoms with van der Waals surface area (Å²) >= 11 is 0. The Bertz CT molecular complexity index is 887. The third-order valence-electron chi connectivity index (χ3n) is 3.30. The number of para-hydroxylation sites is 1. The average Bonchev–Trinajstić information content (AvgIpc) is 2.53. The van der Waals surface area contributed by atoms with Crippen molar-refractivity contribution in [3.63, 3.8) is 0 Å². The number of aryl methyl sites for hydroxylation is 1. The van der Waals surface area contributed by atoms with Crippen LogP contribution in [0.25, 0.3) is 0 Å². The minimum atomic E-state index is -3.99. The molecule has 0 aliphatic rings. The third kappa shape index (κ3) is 4.70. The van der Waals surface area contributed by atoms with Crippen LogP contribution in [0.1, 0.15) is 11.1 Å². The van der Waals surface area contributed by atoms with Gasteiger partial charge < -0.3 is 4.74 Å². The number of hydrogen-bond donors (Lipinski definition) is 1. The first kappa shape index (κ1) is 18.7. The Balaban J connectivity index is 2.22. The van der Waals surface area contributed by atoms with E-state index in [0.717, 1.165) is 18.2 Å². The van der Waals surface area contributed by atoms with Gasteiger partial charge in [-0.15, -0.1) is 0 Å². The number of alkyl halides is 2. The lowest BCUT2D eigenvalue weighted by molar-refractivity contribution is -0.385. The fraction of sp³-hybridized carbons (Fsp3) is 0.200. The lowest BCUT2D eigenvalue weighted by Gasteiger charge is -2.12. The predicted octanol–water partition coefficient (Wildman–Crippen LogP) is 2.98. The van der Waals surface area contributed by atoms with Gasteiger partial charge in [-0.3, -0.25) is 10.1 Å². The van der Waals surface area contributed by atoms with Gasteiger partial charge in [0.05, 0.1) is 9.82 Å². The number of halogens is 2. The van der Waals surface area contributed by atoms with Gasteiger partial charge in [0.2, 0.25) is 10.0 Å². The van der Waals surface area contributed by atoms with E-state index in [1.54, 1.807) is 6.07 Å². The number of benzene rings is 2. The highest BCUT2D eigenvalue weighted by atomic mass is 32.2. The Morgan fingerprint density at radius 2 is 1.92 bits per heavy atom. The van der Waals surface area contributed by atoms with Gasteiger partial charge in [-0.25, -0.2) is 13.1 Å². The van der Waals surface area contributed by atoms with Crippen LogP contribution in [-0.4, -0.2) is 20.0 Å².